The van der Waals surface area contributed by atoms with Gasteiger partial charge in [0.15, 0.2) is 22.1 Å². The fourth-order valence-corrected chi connectivity index (χ4v) is 6.00. The minimum atomic E-state index is -0.933. The highest BCUT2D eigenvalue weighted by Crippen LogP contribution is 2.45. The number of hydrogen-bond acceptors (Lipinski definition) is 9. The molecule has 2 aromatic carbocycles. The van der Waals surface area contributed by atoms with Crippen LogP contribution >= 0.6 is 22.9 Å². The lowest BCUT2D eigenvalue weighted by Gasteiger charge is -2.23. The van der Waals surface area contributed by atoms with Gasteiger partial charge in [0.1, 0.15) is 17.1 Å². The van der Waals surface area contributed by atoms with Crippen molar-refractivity contribution in [2.75, 3.05) is 25.2 Å². The van der Waals surface area contributed by atoms with Crippen molar-refractivity contribution in [2.24, 2.45) is 0 Å². The molecule has 0 fully saturated rings. The van der Waals surface area contributed by atoms with Crippen LogP contribution in [0.5, 0.6) is 11.5 Å². The van der Waals surface area contributed by atoms with Crippen molar-refractivity contribution in [2.45, 2.75) is 39.2 Å². The lowest BCUT2D eigenvalue weighted by Crippen LogP contribution is -2.29. The molecule has 218 valence electrons. The summed E-state index contributed by atoms with van der Waals surface area (Å²) in [5.41, 5.74) is 0.923. The first-order valence-electron chi connectivity index (χ1n) is 13.4. The Balaban J connectivity index is 1.66. The number of aromatic nitrogens is 1. The summed E-state index contributed by atoms with van der Waals surface area (Å²) < 4.78 is 22.8. The Labute approximate surface area is 251 Å². The number of esters is 1. The Hall–Kier alpha value is -4.15. The Morgan fingerprint density at radius 2 is 2.00 bits per heavy atom. The normalized spacial score (nSPS) is 14.2. The highest BCUT2D eigenvalue weighted by molar-refractivity contribution is 7.17. The number of hydrogen-bond donors (Lipinski definition) is 0. The maximum atomic E-state index is 14.0. The van der Waals surface area contributed by atoms with Gasteiger partial charge in [0, 0.05) is 5.02 Å². The molecule has 0 radical (unpaired) electrons. The molecule has 0 N–H and O–H groups in total. The predicted molar refractivity (Wildman–Crippen MR) is 161 cm³/mol. The Kier molecular flexibility index (Phi) is 8.65. The summed E-state index contributed by atoms with van der Waals surface area (Å²) in [4.78, 5) is 46.8. The van der Waals surface area contributed by atoms with E-state index in [1.807, 2.05) is 0 Å². The first-order valence-corrected chi connectivity index (χ1v) is 14.6. The van der Waals surface area contributed by atoms with Crippen LogP contribution in [0.25, 0.3) is 11.0 Å². The smallest absolute Gasteiger partial charge is 0.350 e. The van der Waals surface area contributed by atoms with Crippen molar-refractivity contribution in [3.8, 4) is 11.5 Å². The van der Waals surface area contributed by atoms with Crippen LogP contribution in [0.15, 0.2) is 58.3 Å². The summed E-state index contributed by atoms with van der Waals surface area (Å²) in [5.74, 6) is -0.271. The zero-order chi connectivity index (χ0) is 30.0. The number of ether oxygens (including phenoxy) is 3. The van der Waals surface area contributed by atoms with E-state index in [2.05, 4.69) is 18.5 Å². The van der Waals surface area contributed by atoms with Crippen LogP contribution in [-0.4, -0.2) is 37.2 Å². The van der Waals surface area contributed by atoms with Gasteiger partial charge in [-0.2, -0.15) is 0 Å². The van der Waals surface area contributed by atoms with Gasteiger partial charge in [0.25, 0.3) is 5.91 Å². The van der Waals surface area contributed by atoms with Crippen molar-refractivity contribution >= 4 is 50.9 Å². The molecule has 42 heavy (non-hydrogen) atoms. The number of halogens is 1. The molecule has 11 heteroatoms. The van der Waals surface area contributed by atoms with Crippen LogP contribution < -0.4 is 19.8 Å². The Bertz CT molecular complexity index is 1750. The number of unbranched alkanes of at least 4 members (excludes halogenated alkanes) is 2. The van der Waals surface area contributed by atoms with Crippen molar-refractivity contribution in [3.05, 3.63) is 91.8 Å². The molecule has 0 saturated carbocycles. The van der Waals surface area contributed by atoms with E-state index < -0.39 is 23.3 Å². The highest BCUT2D eigenvalue weighted by atomic mass is 35.5. The first kappa shape index (κ1) is 29.3. The Morgan fingerprint density at radius 1 is 1.19 bits per heavy atom. The molecule has 9 nitrogen and oxygen atoms in total. The predicted octanol–water partition coefficient (Wildman–Crippen LogP) is 6.88. The van der Waals surface area contributed by atoms with Crippen LogP contribution in [-0.2, 0) is 4.74 Å². The van der Waals surface area contributed by atoms with Gasteiger partial charge in [-0.15, -0.1) is 0 Å². The summed E-state index contributed by atoms with van der Waals surface area (Å²) in [5, 5.41) is 0.810. The van der Waals surface area contributed by atoms with E-state index in [1.165, 1.54) is 24.2 Å². The molecule has 1 aliphatic heterocycles. The monoisotopic (exact) mass is 608 g/mol. The summed E-state index contributed by atoms with van der Waals surface area (Å²) in [6.45, 7) is 7.89. The number of carbonyl (C=O) groups excluding carboxylic acids is 2. The summed E-state index contributed by atoms with van der Waals surface area (Å²) in [6, 6.07) is 8.99. The molecule has 1 amide bonds. The zero-order valence-electron chi connectivity index (χ0n) is 23.4. The second kappa shape index (κ2) is 12.4. The van der Waals surface area contributed by atoms with Crippen molar-refractivity contribution in [1.82, 2.24) is 4.98 Å². The molecule has 1 atom stereocenters. The Morgan fingerprint density at radius 3 is 2.74 bits per heavy atom. The second-order valence-corrected chi connectivity index (χ2v) is 11.1. The third-order valence-corrected chi connectivity index (χ3v) is 8.22. The van der Waals surface area contributed by atoms with E-state index >= 15 is 0 Å². The van der Waals surface area contributed by atoms with E-state index in [0.717, 1.165) is 30.6 Å². The molecule has 0 saturated heterocycles. The summed E-state index contributed by atoms with van der Waals surface area (Å²) >= 11 is 7.20. The van der Waals surface area contributed by atoms with Gasteiger partial charge in [-0.05, 0) is 49.2 Å². The van der Waals surface area contributed by atoms with Crippen molar-refractivity contribution < 1.29 is 28.2 Å². The number of carbonyl (C=O) groups is 2. The first-order chi connectivity index (χ1) is 20.3. The highest BCUT2D eigenvalue weighted by Gasteiger charge is 2.45. The number of rotatable bonds is 11. The third kappa shape index (κ3) is 5.39. The molecule has 0 bridgehead atoms. The van der Waals surface area contributed by atoms with Gasteiger partial charge >= 0.3 is 5.97 Å². The van der Waals surface area contributed by atoms with Gasteiger partial charge in [0.2, 0.25) is 5.76 Å². The summed E-state index contributed by atoms with van der Waals surface area (Å²) in [7, 11) is 1.53. The van der Waals surface area contributed by atoms with Crippen LogP contribution in [0.1, 0.15) is 69.3 Å². The van der Waals surface area contributed by atoms with Crippen LogP contribution in [0, 0.1) is 6.92 Å². The standard InChI is InChI=1S/C31H29ClN2O7S/c1-5-7-8-14-39-22-11-9-18(15-23(22)38-4)25-24-26(35)20-16-19(32)10-12-21(20)41-27(24)29(36)34(25)31-33-17(3)28(42-31)30(37)40-13-6-2/h6,9-12,15-16,25H,2,5,7-8,13-14H2,1,3-4H3. The molecular weight excluding hydrogens is 580 g/mol. The number of anilines is 1. The van der Waals surface area contributed by atoms with Crippen molar-refractivity contribution in [3.63, 3.8) is 0 Å². The second-order valence-electron chi connectivity index (χ2n) is 9.66. The van der Waals surface area contributed by atoms with E-state index in [9.17, 15) is 14.4 Å². The number of amides is 1. The molecule has 0 spiro atoms. The molecule has 0 aliphatic carbocycles. The average molecular weight is 609 g/mol. The van der Waals surface area contributed by atoms with Gasteiger partial charge in [-0.3, -0.25) is 14.5 Å². The quantitative estimate of drug-likeness (QED) is 0.103. The number of aryl methyl sites for hydroxylation is 1. The van der Waals surface area contributed by atoms with Gasteiger partial charge < -0.3 is 18.6 Å². The lowest BCUT2D eigenvalue weighted by atomic mass is 9.98. The number of fused-ring (bicyclic) bond motifs is 2. The third-order valence-electron chi connectivity index (χ3n) is 6.85. The van der Waals surface area contributed by atoms with E-state index in [-0.39, 0.29) is 38.9 Å². The van der Waals surface area contributed by atoms with Crippen LogP contribution in [0.2, 0.25) is 5.02 Å². The number of thiazole rings is 1. The molecular formula is C31H29ClN2O7S. The average Bonchev–Trinajstić information content (AvgIpc) is 3.51. The molecule has 3 heterocycles. The lowest BCUT2D eigenvalue weighted by molar-refractivity contribution is 0.0554. The molecule has 2 aromatic heterocycles. The minimum Gasteiger partial charge on any atom is -0.493 e. The van der Waals surface area contributed by atoms with E-state index in [4.69, 9.17) is 30.2 Å². The molecule has 5 rings (SSSR count). The van der Waals surface area contributed by atoms with Gasteiger partial charge in [-0.1, -0.05) is 61.4 Å². The van der Waals surface area contributed by atoms with Gasteiger partial charge in [-0.25, -0.2) is 9.78 Å². The molecule has 1 aliphatic rings. The molecule has 1 unspecified atom stereocenters. The zero-order valence-corrected chi connectivity index (χ0v) is 25.0. The largest absolute Gasteiger partial charge is 0.493 e. The molecule has 4 aromatic rings. The SMILES string of the molecule is C=CCOC(=O)c1sc(N2C(=O)c3oc4ccc(Cl)cc4c(=O)c3C2c2ccc(OCCCCC)c(OC)c2)nc1C. The topological polar surface area (TPSA) is 108 Å². The van der Waals surface area contributed by atoms with Crippen LogP contribution in [0.4, 0.5) is 5.13 Å². The number of nitrogens with zero attached hydrogens (tertiary/aromatic N) is 2. The fourth-order valence-electron chi connectivity index (χ4n) is 4.84. The van der Waals surface area contributed by atoms with Gasteiger partial charge in [0.05, 0.1) is 36.4 Å². The number of benzene rings is 2. The van der Waals surface area contributed by atoms with Crippen molar-refractivity contribution in [1.29, 1.82) is 0 Å². The maximum absolute atomic E-state index is 14.0. The summed E-state index contributed by atoms with van der Waals surface area (Å²) in [6.07, 6.45) is 4.47. The number of methoxy groups -OCH3 is 1. The van der Waals surface area contributed by atoms with E-state index in [1.54, 1.807) is 37.3 Å². The fraction of sp³-hybridized carbons (Fsp3) is 0.290. The maximum Gasteiger partial charge on any atom is 0.350 e. The minimum absolute atomic E-state index is 0.0302. The van der Waals surface area contributed by atoms with Crippen LogP contribution in [0.3, 0.4) is 0 Å². The van der Waals surface area contributed by atoms with E-state index in [0.29, 0.717) is 34.4 Å².